The first-order valence-electron chi connectivity index (χ1n) is 6.86. The summed E-state index contributed by atoms with van der Waals surface area (Å²) in [5.41, 5.74) is 0.793. The van der Waals surface area contributed by atoms with E-state index in [0.717, 1.165) is 31.6 Å². The van der Waals surface area contributed by atoms with Crippen molar-refractivity contribution in [1.82, 2.24) is 9.88 Å². The minimum Gasteiger partial charge on any atom is -0.436 e. The van der Waals surface area contributed by atoms with Gasteiger partial charge in [0.25, 0.3) is 5.91 Å². The molecule has 100 valence electrons. The number of hydrogen-bond acceptors (Lipinski definition) is 3. The molecule has 1 saturated heterocycles. The minimum atomic E-state index is 0.0150. The Kier molecular flexibility index (Phi) is 4.04. The van der Waals surface area contributed by atoms with Crippen LogP contribution in [0.3, 0.4) is 0 Å². The average Bonchev–Trinajstić information content (AvgIpc) is 2.56. The second kappa shape index (κ2) is 5.55. The van der Waals surface area contributed by atoms with Crippen LogP contribution in [-0.4, -0.2) is 28.9 Å². The minimum absolute atomic E-state index is 0.0150. The van der Waals surface area contributed by atoms with E-state index in [0.29, 0.717) is 11.7 Å². The lowest BCUT2D eigenvalue weighted by molar-refractivity contribution is 0.0726. The smallest absolute Gasteiger partial charge is 0.291 e. The van der Waals surface area contributed by atoms with Gasteiger partial charge in [0.1, 0.15) is 0 Å². The van der Waals surface area contributed by atoms with E-state index in [-0.39, 0.29) is 11.8 Å². The summed E-state index contributed by atoms with van der Waals surface area (Å²) in [5, 5.41) is 0. The molecule has 0 aromatic carbocycles. The van der Waals surface area contributed by atoms with Gasteiger partial charge in [0.05, 0.1) is 5.69 Å². The molecule has 1 aromatic rings. The maximum atomic E-state index is 12.5. The molecule has 4 nitrogen and oxygen atoms in total. The standard InChI is InChI=1S/C14H22N2O2/c1-10(2)12-13(18-11(3)15-12)14(17)16-8-6-4-5-7-9-16/h10H,4-9H2,1-3H3. The van der Waals surface area contributed by atoms with Crippen molar-refractivity contribution >= 4 is 5.91 Å². The highest BCUT2D eigenvalue weighted by Crippen LogP contribution is 2.22. The molecule has 1 aliphatic heterocycles. The molecule has 18 heavy (non-hydrogen) atoms. The van der Waals surface area contributed by atoms with Crippen LogP contribution in [0.2, 0.25) is 0 Å². The first-order valence-corrected chi connectivity index (χ1v) is 6.86. The lowest BCUT2D eigenvalue weighted by Gasteiger charge is -2.19. The number of aromatic nitrogens is 1. The third-order valence-corrected chi connectivity index (χ3v) is 3.39. The van der Waals surface area contributed by atoms with Crippen LogP contribution in [0, 0.1) is 6.92 Å². The highest BCUT2D eigenvalue weighted by molar-refractivity contribution is 5.92. The third kappa shape index (κ3) is 2.74. The van der Waals surface area contributed by atoms with Crippen molar-refractivity contribution in [2.45, 2.75) is 52.4 Å². The highest BCUT2D eigenvalue weighted by atomic mass is 16.4. The summed E-state index contributed by atoms with van der Waals surface area (Å²) in [6.07, 6.45) is 4.62. The summed E-state index contributed by atoms with van der Waals surface area (Å²) in [6.45, 7) is 7.56. The summed E-state index contributed by atoms with van der Waals surface area (Å²) < 4.78 is 5.53. The number of carbonyl (C=O) groups excluding carboxylic acids is 1. The largest absolute Gasteiger partial charge is 0.436 e. The predicted molar refractivity (Wildman–Crippen MR) is 69.7 cm³/mol. The number of oxazole rings is 1. The Morgan fingerprint density at radius 1 is 1.22 bits per heavy atom. The van der Waals surface area contributed by atoms with Crippen LogP contribution < -0.4 is 0 Å². The molecular weight excluding hydrogens is 228 g/mol. The van der Waals surface area contributed by atoms with Gasteiger partial charge < -0.3 is 9.32 Å². The molecule has 0 N–H and O–H groups in total. The maximum Gasteiger partial charge on any atom is 0.291 e. The number of amides is 1. The van der Waals surface area contributed by atoms with Gasteiger partial charge in [-0.25, -0.2) is 4.98 Å². The van der Waals surface area contributed by atoms with E-state index in [1.165, 1.54) is 12.8 Å². The van der Waals surface area contributed by atoms with Crippen LogP contribution >= 0.6 is 0 Å². The van der Waals surface area contributed by atoms with E-state index in [2.05, 4.69) is 4.98 Å². The molecule has 0 saturated carbocycles. The molecule has 2 rings (SSSR count). The number of likely N-dealkylation sites (tertiary alicyclic amines) is 1. The molecule has 0 aliphatic carbocycles. The monoisotopic (exact) mass is 250 g/mol. The van der Waals surface area contributed by atoms with E-state index in [9.17, 15) is 4.79 Å². The molecule has 1 fully saturated rings. The SMILES string of the molecule is Cc1nc(C(C)C)c(C(=O)N2CCCCCC2)o1. The normalized spacial score (nSPS) is 17.0. The zero-order valence-electron chi connectivity index (χ0n) is 11.5. The van der Waals surface area contributed by atoms with Gasteiger partial charge in [-0.2, -0.15) is 0 Å². The summed E-state index contributed by atoms with van der Waals surface area (Å²) in [5.74, 6) is 1.26. The van der Waals surface area contributed by atoms with Crippen molar-refractivity contribution in [2.24, 2.45) is 0 Å². The fourth-order valence-electron chi connectivity index (χ4n) is 2.41. The molecule has 2 heterocycles. The summed E-state index contributed by atoms with van der Waals surface area (Å²) in [7, 11) is 0. The van der Waals surface area contributed by atoms with Crippen molar-refractivity contribution in [1.29, 1.82) is 0 Å². The Hall–Kier alpha value is -1.32. The van der Waals surface area contributed by atoms with Crippen molar-refractivity contribution in [3.05, 3.63) is 17.3 Å². The number of nitrogens with zero attached hydrogens (tertiary/aromatic N) is 2. The number of rotatable bonds is 2. The topological polar surface area (TPSA) is 46.3 Å². The molecule has 0 atom stereocenters. The van der Waals surface area contributed by atoms with Gasteiger partial charge in [0.15, 0.2) is 5.89 Å². The average molecular weight is 250 g/mol. The Bertz CT molecular complexity index is 415. The first-order chi connectivity index (χ1) is 8.59. The number of aryl methyl sites for hydroxylation is 1. The van der Waals surface area contributed by atoms with E-state index in [4.69, 9.17) is 4.42 Å². The van der Waals surface area contributed by atoms with Gasteiger partial charge in [0.2, 0.25) is 5.76 Å². The molecule has 1 aliphatic rings. The van der Waals surface area contributed by atoms with Crippen LogP contribution in [0.25, 0.3) is 0 Å². The first kappa shape index (κ1) is 13.1. The van der Waals surface area contributed by atoms with Gasteiger partial charge >= 0.3 is 0 Å². The fraction of sp³-hybridized carbons (Fsp3) is 0.714. The van der Waals surface area contributed by atoms with Crippen molar-refractivity contribution < 1.29 is 9.21 Å². The van der Waals surface area contributed by atoms with Crippen LogP contribution in [0.1, 0.15) is 67.6 Å². The molecular formula is C14H22N2O2. The van der Waals surface area contributed by atoms with E-state index < -0.39 is 0 Å². The maximum absolute atomic E-state index is 12.5. The van der Waals surface area contributed by atoms with Gasteiger partial charge in [-0.3, -0.25) is 4.79 Å². The molecule has 4 heteroatoms. The summed E-state index contributed by atoms with van der Waals surface area (Å²) >= 11 is 0. The second-order valence-electron chi connectivity index (χ2n) is 5.31. The summed E-state index contributed by atoms with van der Waals surface area (Å²) in [4.78, 5) is 18.7. The molecule has 0 spiro atoms. The highest BCUT2D eigenvalue weighted by Gasteiger charge is 2.26. The van der Waals surface area contributed by atoms with Gasteiger partial charge in [-0.05, 0) is 18.8 Å². The Morgan fingerprint density at radius 3 is 2.39 bits per heavy atom. The van der Waals surface area contributed by atoms with E-state index >= 15 is 0 Å². The molecule has 0 bridgehead atoms. The van der Waals surface area contributed by atoms with Crippen LogP contribution in [0.5, 0.6) is 0 Å². The molecule has 1 amide bonds. The van der Waals surface area contributed by atoms with Gasteiger partial charge in [-0.1, -0.05) is 26.7 Å². The lowest BCUT2D eigenvalue weighted by Crippen LogP contribution is -2.32. The molecule has 0 unspecified atom stereocenters. The number of carbonyl (C=O) groups is 1. The van der Waals surface area contributed by atoms with Gasteiger partial charge in [0, 0.05) is 20.0 Å². The van der Waals surface area contributed by atoms with E-state index in [1.54, 1.807) is 6.92 Å². The fourth-order valence-corrected chi connectivity index (χ4v) is 2.41. The summed E-state index contributed by atoms with van der Waals surface area (Å²) in [6, 6.07) is 0. The van der Waals surface area contributed by atoms with Crippen LogP contribution in [0.4, 0.5) is 0 Å². The molecule has 0 radical (unpaired) electrons. The molecule has 1 aromatic heterocycles. The zero-order chi connectivity index (χ0) is 13.1. The Balaban J connectivity index is 2.21. The number of hydrogen-bond donors (Lipinski definition) is 0. The lowest BCUT2D eigenvalue weighted by atomic mass is 10.1. The predicted octanol–water partition coefficient (Wildman–Crippen LogP) is 3.12. The van der Waals surface area contributed by atoms with E-state index in [1.807, 2.05) is 18.7 Å². The van der Waals surface area contributed by atoms with Crippen molar-refractivity contribution in [3.63, 3.8) is 0 Å². The Labute approximate surface area is 108 Å². The van der Waals surface area contributed by atoms with Gasteiger partial charge in [-0.15, -0.1) is 0 Å². The Morgan fingerprint density at radius 2 is 1.83 bits per heavy atom. The third-order valence-electron chi connectivity index (χ3n) is 3.39. The van der Waals surface area contributed by atoms with Crippen LogP contribution in [0.15, 0.2) is 4.42 Å². The van der Waals surface area contributed by atoms with Crippen LogP contribution in [-0.2, 0) is 0 Å². The zero-order valence-corrected chi connectivity index (χ0v) is 11.5. The van der Waals surface area contributed by atoms with Crippen molar-refractivity contribution in [2.75, 3.05) is 13.1 Å². The second-order valence-corrected chi connectivity index (χ2v) is 5.31. The van der Waals surface area contributed by atoms with Crippen molar-refractivity contribution in [3.8, 4) is 0 Å². The quantitative estimate of drug-likeness (QED) is 0.810.